The maximum Gasteiger partial charge on any atom is 0.187 e. The van der Waals surface area contributed by atoms with Crippen LogP contribution in [0.3, 0.4) is 0 Å². The summed E-state index contributed by atoms with van der Waals surface area (Å²) in [5.74, 6) is 1.83. The van der Waals surface area contributed by atoms with Gasteiger partial charge >= 0.3 is 0 Å². The normalized spacial score (nSPS) is 55.3. The Bertz CT molecular complexity index is 2340. The zero-order chi connectivity index (χ0) is 66.1. The molecule has 34 nitrogen and oxygen atoms in total. The number of aliphatic hydroxyl groups excluding tert-OH is 19. The van der Waals surface area contributed by atoms with E-state index in [1.807, 2.05) is 0 Å². The highest BCUT2D eigenvalue weighted by molar-refractivity contribution is 5.05. The van der Waals surface area contributed by atoms with Crippen LogP contribution in [0.15, 0.2) is 0 Å². The van der Waals surface area contributed by atoms with Gasteiger partial charge in [0.15, 0.2) is 44.0 Å². The molecule has 0 aromatic rings. The Kier molecular flexibility index (Phi) is 23.1. The molecule has 15 unspecified atom stereocenters. The highest BCUT2D eigenvalue weighted by Crippen LogP contribution is 2.61. The van der Waals surface area contributed by atoms with Crippen LogP contribution >= 0.6 is 0 Å². The number of ether oxygens (including phenoxy) is 14. The van der Waals surface area contributed by atoms with Crippen LogP contribution in [-0.4, -0.2) is 370 Å². The van der Waals surface area contributed by atoms with Gasteiger partial charge in [0.1, 0.15) is 165 Å². The van der Waals surface area contributed by atoms with E-state index >= 15 is 0 Å². The van der Waals surface area contributed by atoms with Crippen molar-refractivity contribution in [3.63, 3.8) is 0 Å². The standard InChI is InChI=1S/C59H97NO33/c61-16-26-47-35(70)42(77)56(84-26)93-51-30(20-65)86-58(44(79)37(51)72)92-50-29(19-64)83-55(41(76)34(50)69)88-46-25-15-60(8-6-59-12-21-9-22(13-59)11-23(10-21)14-59)7-4-2-1-3-5-24-45(31(66)38(73)52(80-24)89-47)87-54-40(75)33(68)49(28(18-63)82-54)91-57-43(78)36(71)48(27(17-62)85-57)90-53(81-25)39(74)32(46)67/h21-58,61-79H,1-20H2/t21?,22?,23?,24-,25-,26-,27-,28-,29?,30-,31?,32?,33?,34?,35?,36?,37?,38?,39?,40?,41?,42?,43?,44?,45-,46-,47-,48-,49-,50-,51-,52-,53-,54-,55-,56-,57-,58-,59?/m1/s1. The van der Waals surface area contributed by atoms with Gasteiger partial charge in [-0.15, -0.1) is 0 Å². The Morgan fingerprint density at radius 3 is 0.882 bits per heavy atom. The highest BCUT2D eigenvalue weighted by Gasteiger charge is 2.60. The van der Waals surface area contributed by atoms with Crippen LogP contribution in [0.25, 0.3) is 0 Å². The van der Waals surface area contributed by atoms with Crippen LogP contribution in [0.1, 0.15) is 77.0 Å². The Labute approximate surface area is 534 Å². The summed E-state index contributed by atoms with van der Waals surface area (Å²) in [4.78, 5) is 2.11. The molecule has 0 aromatic carbocycles. The summed E-state index contributed by atoms with van der Waals surface area (Å²) in [5.41, 5.74) is 0.0475. The molecule has 0 radical (unpaired) electrons. The third-order valence-electron chi connectivity index (χ3n) is 21.7. The number of nitrogens with zero attached hydrogens (tertiary/aromatic N) is 1. The van der Waals surface area contributed by atoms with Crippen molar-refractivity contribution in [1.29, 1.82) is 0 Å². The zero-order valence-electron chi connectivity index (χ0n) is 51.2. The summed E-state index contributed by atoms with van der Waals surface area (Å²) in [5, 5.41) is 219. The van der Waals surface area contributed by atoms with Crippen molar-refractivity contribution < 1.29 is 163 Å². The second-order valence-electron chi connectivity index (χ2n) is 28.0. The van der Waals surface area contributed by atoms with Crippen molar-refractivity contribution in [1.82, 2.24) is 4.90 Å². The molecule has 0 aromatic heterocycles. The van der Waals surface area contributed by atoms with E-state index in [2.05, 4.69) is 4.90 Å². The molecular weight excluding hydrogens is 1250 g/mol. The van der Waals surface area contributed by atoms with E-state index < -0.39 is 248 Å². The van der Waals surface area contributed by atoms with E-state index in [-0.39, 0.29) is 18.4 Å². The Hall–Kier alpha value is -1.36. The van der Waals surface area contributed by atoms with Gasteiger partial charge in [-0.05, 0) is 94.0 Å². The van der Waals surface area contributed by atoms with Crippen LogP contribution in [0.5, 0.6) is 0 Å². The van der Waals surface area contributed by atoms with Gasteiger partial charge in [0.05, 0.1) is 39.1 Å². The minimum Gasteiger partial charge on any atom is -0.394 e. The van der Waals surface area contributed by atoms with E-state index in [1.165, 1.54) is 19.3 Å². The lowest BCUT2D eigenvalue weighted by atomic mass is 9.49. The fourth-order valence-corrected chi connectivity index (χ4v) is 17.1. The van der Waals surface area contributed by atoms with Gasteiger partial charge in [0, 0.05) is 6.54 Å². The first kappa shape index (κ1) is 71.5. The van der Waals surface area contributed by atoms with Crippen molar-refractivity contribution in [3.8, 4) is 0 Å². The predicted octanol–water partition coefficient (Wildman–Crippen LogP) is -9.34. The van der Waals surface area contributed by atoms with Crippen LogP contribution in [0.4, 0.5) is 0 Å². The maximum atomic E-state index is 12.4. The molecule has 14 saturated heterocycles. The molecule has 18 rings (SSSR count). The summed E-state index contributed by atoms with van der Waals surface area (Å²) in [7, 11) is 0. The van der Waals surface area contributed by atoms with Gasteiger partial charge in [0.25, 0.3) is 0 Å². The van der Waals surface area contributed by atoms with Gasteiger partial charge in [-0.25, -0.2) is 0 Å². The second kappa shape index (κ2) is 30.1. The topological polar surface area (TPSA) is 517 Å². The van der Waals surface area contributed by atoms with Crippen molar-refractivity contribution >= 4 is 0 Å². The van der Waals surface area contributed by atoms with Crippen molar-refractivity contribution in [2.75, 3.05) is 52.7 Å². The largest absolute Gasteiger partial charge is 0.394 e. The van der Waals surface area contributed by atoms with E-state index in [9.17, 15) is 97.0 Å². The number of rotatable bonds is 8. The molecule has 0 amide bonds. The van der Waals surface area contributed by atoms with Gasteiger partial charge in [-0.1, -0.05) is 19.3 Å². The Morgan fingerprint density at radius 1 is 0.290 bits per heavy atom. The lowest BCUT2D eigenvalue weighted by Crippen LogP contribution is -2.68. The SMILES string of the molecule is OCC1O[C@@H]2O[C@H]3C(O)C(O)[C@@H]4O[C@@H]3CN(CCC35CC6CC(CC(C6)C3)C5)CCCCCC[C@H]3O[C@H](O[C@H]5C(O)C(O)[C@H](O[C@@H]5CO)O[C@H]5C(O)C(O)[C@@H](O[C@H]1C(O)C2O)O[C@@H]5CO)C(O)C(O)[C@@H]3O[C@H]1O[C@H](CO)[C@@H](O[C@H]2O[C@H](CO)[C@@H](O4)C(O)C2O)C(O)C1O. The Balaban J connectivity index is 0.914. The van der Waals surface area contributed by atoms with Crippen LogP contribution in [0.2, 0.25) is 0 Å². The average Bonchev–Trinajstić information content (AvgIpc) is 0.774. The van der Waals surface area contributed by atoms with Crippen LogP contribution in [-0.2, 0) is 66.3 Å². The van der Waals surface area contributed by atoms with E-state index in [0.717, 1.165) is 25.7 Å². The summed E-state index contributed by atoms with van der Waals surface area (Å²) in [6, 6.07) is 0. The summed E-state index contributed by atoms with van der Waals surface area (Å²) in [6.45, 7) is -4.11. The third kappa shape index (κ3) is 14.4. The first-order valence-corrected chi connectivity index (χ1v) is 33.0. The molecule has 14 heterocycles. The van der Waals surface area contributed by atoms with E-state index in [4.69, 9.17) is 66.3 Å². The predicted molar refractivity (Wildman–Crippen MR) is 299 cm³/mol. The van der Waals surface area contributed by atoms with Crippen molar-refractivity contribution in [3.05, 3.63) is 0 Å². The minimum atomic E-state index is -2.16. The Morgan fingerprint density at radius 2 is 0.559 bits per heavy atom. The maximum absolute atomic E-state index is 12.4. The van der Waals surface area contributed by atoms with Crippen molar-refractivity contribution in [2.24, 2.45) is 23.2 Å². The van der Waals surface area contributed by atoms with Crippen molar-refractivity contribution in [2.45, 2.75) is 292 Å². The number of fused-ring (bicyclic) bond motifs is 5. The summed E-state index contributed by atoms with van der Waals surface area (Å²) >= 11 is 0. The number of hydrogen-bond donors (Lipinski definition) is 19. The molecule has 4 saturated carbocycles. The monoisotopic (exact) mass is 1350 g/mol. The first-order valence-electron chi connectivity index (χ1n) is 33.0. The molecule has 0 spiro atoms. The zero-order valence-corrected chi connectivity index (χ0v) is 51.2. The molecule has 34 heteroatoms. The van der Waals surface area contributed by atoms with Gasteiger partial charge in [0.2, 0.25) is 0 Å². The second-order valence-corrected chi connectivity index (χ2v) is 28.0. The molecule has 18 fully saturated rings. The third-order valence-corrected chi connectivity index (χ3v) is 21.7. The fraction of sp³-hybridized carbons (Fsp3) is 1.00. The molecule has 19 N–H and O–H groups in total. The van der Waals surface area contributed by atoms with Gasteiger partial charge in [-0.3, -0.25) is 0 Å². The molecule has 14 aliphatic heterocycles. The smallest absolute Gasteiger partial charge is 0.187 e. The summed E-state index contributed by atoms with van der Waals surface area (Å²) < 4.78 is 85.3. The highest BCUT2D eigenvalue weighted by atomic mass is 16.8. The molecule has 18 bridgehead atoms. The van der Waals surface area contributed by atoms with E-state index in [1.54, 1.807) is 0 Å². The molecule has 536 valence electrons. The molecule has 35 atom stereocenters. The number of aliphatic hydroxyl groups is 19. The molecule has 93 heavy (non-hydrogen) atoms. The minimum absolute atomic E-state index is 0.0102. The lowest BCUT2D eigenvalue weighted by molar-refractivity contribution is -0.396. The van der Waals surface area contributed by atoms with Gasteiger partial charge < -0.3 is 168 Å². The molecular formula is C59H97NO33. The first-order chi connectivity index (χ1) is 44.6. The average molecular weight is 1350 g/mol. The van der Waals surface area contributed by atoms with Crippen LogP contribution < -0.4 is 0 Å². The molecule has 18 aliphatic rings. The number of hydrogen-bond acceptors (Lipinski definition) is 34. The lowest BCUT2D eigenvalue weighted by Gasteiger charge is -2.57. The van der Waals surface area contributed by atoms with Crippen LogP contribution in [0, 0.1) is 23.2 Å². The fourth-order valence-electron chi connectivity index (χ4n) is 17.1. The molecule has 4 aliphatic carbocycles. The summed E-state index contributed by atoms with van der Waals surface area (Å²) in [6.07, 6.45) is -57.2. The quantitative estimate of drug-likeness (QED) is 0.107. The van der Waals surface area contributed by atoms with Gasteiger partial charge in [-0.2, -0.15) is 0 Å². The van der Waals surface area contributed by atoms with E-state index in [0.29, 0.717) is 56.5 Å².